The Morgan fingerprint density at radius 2 is 2.38 bits per heavy atom. The van der Waals surface area contributed by atoms with Crippen molar-refractivity contribution in [1.82, 2.24) is 5.32 Å². The van der Waals surface area contributed by atoms with E-state index in [4.69, 9.17) is 0 Å². The van der Waals surface area contributed by atoms with E-state index < -0.39 is 0 Å². The van der Waals surface area contributed by atoms with Crippen LogP contribution in [0, 0.1) is 6.92 Å². The van der Waals surface area contributed by atoms with Crippen LogP contribution in [0.5, 0.6) is 0 Å². The fourth-order valence-electron chi connectivity index (χ4n) is 2.27. The van der Waals surface area contributed by atoms with E-state index in [1.807, 2.05) is 11.3 Å². The van der Waals surface area contributed by atoms with Crippen molar-refractivity contribution in [3.8, 4) is 0 Å². The van der Waals surface area contributed by atoms with Crippen molar-refractivity contribution in [2.24, 2.45) is 0 Å². The standard InChI is InChI=1S/C14H21NS/c1-11(10-14-9-8-12(2)16-14)15-13-6-4-3-5-7-13/h4,6,8-9,11,13,15H,3,5,7,10H2,1-2H3. The highest BCUT2D eigenvalue weighted by Crippen LogP contribution is 2.17. The van der Waals surface area contributed by atoms with Crippen molar-refractivity contribution in [1.29, 1.82) is 0 Å². The lowest BCUT2D eigenvalue weighted by atomic mass is 10.0. The molecule has 0 aliphatic heterocycles. The number of aryl methyl sites for hydroxylation is 1. The first kappa shape index (κ1) is 11.9. The Morgan fingerprint density at radius 1 is 1.50 bits per heavy atom. The lowest BCUT2D eigenvalue weighted by Gasteiger charge is -2.22. The van der Waals surface area contributed by atoms with Gasteiger partial charge in [-0.1, -0.05) is 12.2 Å². The first-order chi connectivity index (χ1) is 7.74. The van der Waals surface area contributed by atoms with Gasteiger partial charge in [-0.25, -0.2) is 0 Å². The van der Waals surface area contributed by atoms with Crippen molar-refractivity contribution in [3.63, 3.8) is 0 Å². The van der Waals surface area contributed by atoms with Gasteiger partial charge < -0.3 is 5.32 Å². The number of hydrogen-bond acceptors (Lipinski definition) is 2. The maximum Gasteiger partial charge on any atom is 0.0252 e. The maximum atomic E-state index is 3.70. The van der Waals surface area contributed by atoms with Gasteiger partial charge in [0, 0.05) is 21.8 Å². The van der Waals surface area contributed by atoms with Gasteiger partial charge in [-0.3, -0.25) is 0 Å². The van der Waals surface area contributed by atoms with Gasteiger partial charge in [0.25, 0.3) is 0 Å². The Morgan fingerprint density at radius 3 is 3.00 bits per heavy atom. The number of hydrogen-bond donors (Lipinski definition) is 1. The van der Waals surface area contributed by atoms with Crippen LogP contribution in [0.1, 0.15) is 35.9 Å². The molecule has 2 atom stereocenters. The first-order valence-corrected chi connectivity index (χ1v) is 7.04. The number of thiophene rings is 1. The van der Waals surface area contributed by atoms with Gasteiger partial charge in [0.05, 0.1) is 0 Å². The quantitative estimate of drug-likeness (QED) is 0.785. The van der Waals surface area contributed by atoms with Crippen LogP contribution in [0.3, 0.4) is 0 Å². The predicted octanol–water partition coefficient (Wildman–Crippen LogP) is 3.69. The molecule has 0 amide bonds. The summed E-state index contributed by atoms with van der Waals surface area (Å²) in [5.41, 5.74) is 0. The van der Waals surface area contributed by atoms with Gasteiger partial charge in [-0.2, -0.15) is 0 Å². The molecule has 0 fully saturated rings. The lowest BCUT2D eigenvalue weighted by Crippen LogP contribution is -2.37. The van der Waals surface area contributed by atoms with E-state index >= 15 is 0 Å². The van der Waals surface area contributed by atoms with E-state index in [1.54, 1.807) is 0 Å². The summed E-state index contributed by atoms with van der Waals surface area (Å²) in [6, 6.07) is 5.65. The lowest BCUT2D eigenvalue weighted by molar-refractivity contribution is 0.456. The van der Waals surface area contributed by atoms with Gasteiger partial charge >= 0.3 is 0 Å². The normalized spacial score (nSPS) is 22.2. The second kappa shape index (κ2) is 5.65. The average molecular weight is 235 g/mol. The molecule has 1 aliphatic rings. The van der Waals surface area contributed by atoms with Crippen LogP contribution in [-0.2, 0) is 6.42 Å². The summed E-state index contributed by atoms with van der Waals surface area (Å²) in [6.07, 6.45) is 9.69. The molecule has 88 valence electrons. The minimum Gasteiger partial charge on any atom is -0.308 e. The third kappa shape index (κ3) is 3.46. The average Bonchev–Trinajstić information content (AvgIpc) is 2.65. The van der Waals surface area contributed by atoms with Gasteiger partial charge in [-0.05, 0) is 51.7 Å². The van der Waals surface area contributed by atoms with Gasteiger partial charge in [0.2, 0.25) is 0 Å². The van der Waals surface area contributed by atoms with Crippen LogP contribution in [-0.4, -0.2) is 12.1 Å². The maximum absolute atomic E-state index is 3.70. The molecule has 1 aromatic heterocycles. The fourth-order valence-corrected chi connectivity index (χ4v) is 3.29. The van der Waals surface area contributed by atoms with Gasteiger partial charge in [0.15, 0.2) is 0 Å². The molecular weight excluding hydrogens is 214 g/mol. The monoisotopic (exact) mass is 235 g/mol. The summed E-state index contributed by atoms with van der Waals surface area (Å²) < 4.78 is 0. The summed E-state index contributed by atoms with van der Waals surface area (Å²) in [5.74, 6) is 0. The van der Waals surface area contributed by atoms with E-state index in [9.17, 15) is 0 Å². The molecule has 2 unspecified atom stereocenters. The smallest absolute Gasteiger partial charge is 0.0252 e. The molecule has 0 saturated heterocycles. The Bertz CT molecular complexity index is 353. The highest BCUT2D eigenvalue weighted by molar-refractivity contribution is 7.11. The zero-order valence-corrected chi connectivity index (χ0v) is 11.0. The van der Waals surface area contributed by atoms with Crippen molar-refractivity contribution < 1.29 is 0 Å². The van der Waals surface area contributed by atoms with Crippen molar-refractivity contribution in [3.05, 3.63) is 34.0 Å². The van der Waals surface area contributed by atoms with E-state index in [1.165, 1.54) is 29.0 Å². The molecule has 1 N–H and O–H groups in total. The molecule has 0 aromatic carbocycles. The number of allylic oxidation sites excluding steroid dienone is 1. The summed E-state index contributed by atoms with van der Waals surface area (Å²) in [5, 5.41) is 3.70. The third-order valence-electron chi connectivity index (χ3n) is 3.06. The molecular formula is C14H21NS. The SMILES string of the molecule is Cc1ccc(CC(C)NC2C=CCCC2)s1. The van der Waals surface area contributed by atoms with Crippen LogP contribution in [0.25, 0.3) is 0 Å². The van der Waals surface area contributed by atoms with Crippen LogP contribution < -0.4 is 5.32 Å². The van der Waals surface area contributed by atoms with E-state index in [2.05, 4.69) is 43.4 Å². The third-order valence-corrected chi connectivity index (χ3v) is 4.08. The van der Waals surface area contributed by atoms with E-state index in [0.717, 1.165) is 6.42 Å². The fraction of sp³-hybridized carbons (Fsp3) is 0.571. The molecule has 0 radical (unpaired) electrons. The van der Waals surface area contributed by atoms with Crippen molar-refractivity contribution in [2.45, 2.75) is 51.6 Å². The highest BCUT2D eigenvalue weighted by atomic mass is 32.1. The summed E-state index contributed by atoms with van der Waals surface area (Å²) in [4.78, 5) is 2.91. The predicted molar refractivity (Wildman–Crippen MR) is 72.1 cm³/mol. The summed E-state index contributed by atoms with van der Waals surface area (Å²) >= 11 is 1.92. The van der Waals surface area contributed by atoms with Crippen molar-refractivity contribution in [2.75, 3.05) is 0 Å². The van der Waals surface area contributed by atoms with Crippen molar-refractivity contribution >= 4 is 11.3 Å². The van der Waals surface area contributed by atoms with Crippen LogP contribution in [0.4, 0.5) is 0 Å². The molecule has 0 spiro atoms. The number of rotatable bonds is 4. The Balaban J connectivity index is 1.81. The molecule has 1 nitrogen and oxygen atoms in total. The largest absolute Gasteiger partial charge is 0.308 e. The Hall–Kier alpha value is -0.600. The molecule has 2 heteroatoms. The zero-order chi connectivity index (χ0) is 11.4. The number of nitrogens with one attached hydrogen (secondary N) is 1. The second-order valence-corrected chi connectivity index (χ2v) is 6.12. The van der Waals surface area contributed by atoms with Crippen LogP contribution >= 0.6 is 11.3 Å². The van der Waals surface area contributed by atoms with E-state index in [0.29, 0.717) is 12.1 Å². The molecule has 0 saturated carbocycles. The molecule has 1 heterocycles. The molecule has 1 aromatic rings. The first-order valence-electron chi connectivity index (χ1n) is 6.22. The summed E-state index contributed by atoms with van der Waals surface area (Å²) in [6.45, 7) is 4.47. The molecule has 0 bridgehead atoms. The van der Waals surface area contributed by atoms with Crippen LogP contribution in [0.15, 0.2) is 24.3 Å². The Kier molecular flexibility index (Phi) is 4.19. The highest BCUT2D eigenvalue weighted by Gasteiger charge is 2.12. The topological polar surface area (TPSA) is 12.0 Å². The van der Waals surface area contributed by atoms with Gasteiger partial charge in [0.1, 0.15) is 0 Å². The minimum atomic E-state index is 0.575. The second-order valence-electron chi connectivity index (χ2n) is 4.75. The minimum absolute atomic E-state index is 0.575. The molecule has 16 heavy (non-hydrogen) atoms. The molecule has 2 rings (SSSR count). The summed E-state index contributed by atoms with van der Waals surface area (Å²) in [7, 11) is 0. The Labute approximate surface area is 103 Å². The van der Waals surface area contributed by atoms with E-state index in [-0.39, 0.29) is 0 Å². The van der Waals surface area contributed by atoms with Crippen LogP contribution in [0.2, 0.25) is 0 Å². The molecule has 1 aliphatic carbocycles. The van der Waals surface area contributed by atoms with Gasteiger partial charge in [-0.15, -0.1) is 11.3 Å². The zero-order valence-electron chi connectivity index (χ0n) is 10.2.